The van der Waals surface area contributed by atoms with Gasteiger partial charge in [0.15, 0.2) is 0 Å². The lowest BCUT2D eigenvalue weighted by Crippen LogP contribution is -2.45. The quantitative estimate of drug-likeness (QED) is 0.710. The van der Waals surface area contributed by atoms with E-state index in [2.05, 4.69) is 4.94 Å². The van der Waals surface area contributed by atoms with Crippen LogP contribution in [0, 0.1) is 0 Å². The molecule has 0 aromatic heterocycles. The topological polar surface area (TPSA) is 38.8 Å². The molecular formula is C12H18FNO3. The maximum atomic E-state index is 12.1. The van der Waals surface area contributed by atoms with Gasteiger partial charge < -0.3 is 4.74 Å². The minimum atomic E-state index is -0.503. The first kappa shape index (κ1) is 12.2. The average molecular weight is 243 g/mol. The molecule has 2 aliphatic heterocycles. The van der Waals surface area contributed by atoms with Crippen LogP contribution in [-0.2, 0) is 9.68 Å². The van der Waals surface area contributed by atoms with Crippen molar-refractivity contribution in [2.75, 3.05) is 0 Å². The van der Waals surface area contributed by atoms with E-state index < -0.39 is 5.60 Å². The highest BCUT2D eigenvalue weighted by Crippen LogP contribution is 2.36. The van der Waals surface area contributed by atoms with Gasteiger partial charge in [-0.25, -0.2) is 4.79 Å². The zero-order valence-corrected chi connectivity index (χ0v) is 10.4. The van der Waals surface area contributed by atoms with Crippen LogP contribution in [0.2, 0.25) is 0 Å². The molecule has 0 N–H and O–H groups in total. The molecule has 1 saturated heterocycles. The lowest BCUT2D eigenvalue weighted by atomic mass is 10.1. The van der Waals surface area contributed by atoms with E-state index >= 15 is 0 Å². The minimum Gasteiger partial charge on any atom is -0.444 e. The second-order valence-electron chi connectivity index (χ2n) is 5.60. The van der Waals surface area contributed by atoms with Crippen molar-refractivity contribution < 1.29 is 19.0 Å². The summed E-state index contributed by atoms with van der Waals surface area (Å²) in [6, 6.07) is -0.0834. The molecule has 0 unspecified atom stereocenters. The number of nitrogens with zero attached hydrogens (tertiary/aromatic N) is 1. The van der Waals surface area contributed by atoms with Crippen molar-refractivity contribution in [1.82, 2.24) is 4.90 Å². The zero-order chi connectivity index (χ0) is 12.6. The predicted molar refractivity (Wildman–Crippen MR) is 59.8 cm³/mol. The van der Waals surface area contributed by atoms with E-state index in [1.165, 1.54) is 0 Å². The Balaban J connectivity index is 2.09. The van der Waals surface area contributed by atoms with E-state index in [-0.39, 0.29) is 18.2 Å². The average Bonchev–Trinajstić information content (AvgIpc) is 2.47. The maximum absolute atomic E-state index is 12.1. The number of hydrogen-bond acceptors (Lipinski definition) is 3. The van der Waals surface area contributed by atoms with Crippen molar-refractivity contribution in [3.05, 3.63) is 11.8 Å². The lowest BCUT2D eigenvalue weighted by Gasteiger charge is -2.34. The van der Waals surface area contributed by atoms with Gasteiger partial charge in [0.25, 0.3) is 0 Å². The fraction of sp³-hybridized carbons (Fsp3) is 0.750. The lowest BCUT2D eigenvalue weighted by molar-refractivity contribution is -0.0936. The van der Waals surface area contributed by atoms with Crippen molar-refractivity contribution >= 4 is 6.09 Å². The summed E-state index contributed by atoms with van der Waals surface area (Å²) in [7, 11) is 0. The molecule has 2 heterocycles. The summed E-state index contributed by atoms with van der Waals surface area (Å²) in [6.45, 7) is 5.51. The smallest absolute Gasteiger partial charge is 0.411 e. The van der Waals surface area contributed by atoms with Gasteiger partial charge in [0, 0.05) is 17.0 Å². The third-order valence-electron chi connectivity index (χ3n) is 3.06. The third kappa shape index (κ3) is 2.53. The minimum absolute atomic E-state index is 0.00519. The molecule has 17 heavy (non-hydrogen) atoms. The second kappa shape index (κ2) is 4.20. The van der Waals surface area contributed by atoms with Crippen LogP contribution in [-0.4, -0.2) is 28.7 Å². The molecule has 0 saturated carbocycles. The number of fused-ring (bicyclic) bond motifs is 2. The van der Waals surface area contributed by atoms with Crippen molar-refractivity contribution in [1.29, 1.82) is 0 Å². The summed E-state index contributed by atoms with van der Waals surface area (Å²) in [4.78, 5) is 17.5. The molecule has 2 aliphatic rings. The molecule has 0 aliphatic carbocycles. The highest BCUT2D eigenvalue weighted by molar-refractivity contribution is 5.70. The predicted octanol–water partition coefficient (Wildman–Crippen LogP) is 2.94. The number of carbonyl (C=O) groups is 1. The first-order valence-electron chi connectivity index (χ1n) is 5.91. The van der Waals surface area contributed by atoms with Gasteiger partial charge in [0.1, 0.15) is 11.4 Å². The van der Waals surface area contributed by atoms with Crippen LogP contribution in [0.25, 0.3) is 0 Å². The molecule has 2 atom stereocenters. The monoisotopic (exact) mass is 243 g/mol. The Labute approximate surface area is 100 Å². The van der Waals surface area contributed by atoms with Crippen LogP contribution in [0.4, 0.5) is 9.32 Å². The van der Waals surface area contributed by atoms with Gasteiger partial charge in [0.2, 0.25) is 0 Å². The first-order chi connectivity index (χ1) is 7.90. The number of rotatable bonds is 1. The molecule has 0 spiro atoms. The van der Waals surface area contributed by atoms with Crippen molar-refractivity contribution in [2.45, 2.75) is 57.7 Å². The third-order valence-corrected chi connectivity index (χ3v) is 3.06. The normalized spacial score (nSPS) is 27.8. The fourth-order valence-electron chi connectivity index (χ4n) is 2.45. The molecule has 1 fully saturated rings. The van der Waals surface area contributed by atoms with E-state index in [4.69, 9.17) is 4.74 Å². The van der Waals surface area contributed by atoms with E-state index in [0.717, 1.165) is 12.8 Å². The highest BCUT2D eigenvalue weighted by Gasteiger charge is 2.42. The molecule has 2 bridgehead atoms. The van der Waals surface area contributed by atoms with Gasteiger partial charge in [-0.15, -0.1) is 0 Å². The van der Waals surface area contributed by atoms with E-state index in [0.29, 0.717) is 12.2 Å². The fourth-order valence-corrected chi connectivity index (χ4v) is 2.45. The van der Waals surface area contributed by atoms with Gasteiger partial charge >= 0.3 is 6.09 Å². The Kier molecular flexibility index (Phi) is 3.02. The number of hydrogen-bond donors (Lipinski definition) is 0. The molecule has 4 nitrogen and oxygen atoms in total. The highest BCUT2D eigenvalue weighted by atomic mass is 19.3. The number of halogens is 1. The van der Waals surface area contributed by atoms with Gasteiger partial charge in [-0.05, 0) is 39.7 Å². The molecule has 96 valence electrons. The zero-order valence-electron chi connectivity index (χ0n) is 10.4. The molecule has 1 amide bonds. The van der Waals surface area contributed by atoms with Crippen LogP contribution >= 0.6 is 0 Å². The van der Waals surface area contributed by atoms with E-state index in [9.17, 15) is 9.32 Å². The molecule has 0 aromatic rings. The summed E-state index contributed by atoms with van der Waals surface area (Å²) in [5.74, 6) is 0.331. The summed E-state index contributed by atoms with van der Waals surface area (Å²) < 4.78 is 17.5. The van der Waals surface area contributed by atoms with Crippen LogP contribution < -0.4 is 0 Å². The van der Waals surface area contributed by atoms with Gasteiger partial charge in [-0.3, -0.25) is 9.84 Å². The summed E-state index contributed by atoms with van der Waals surface area (Å²) in [6.07, 6.45) is 3.50. The van der Waals surface area contributed by atoms with Crippen molar-refractivity contribution in [3.63, 3.8) is 0 Å². The largest absolute Gasteiger partial charge is 0.444 e. The van der Waals surface area contributed by atoms with E-state index in [1.54, 1.807) is 11.0 Å². The Hall–Kier alpha value is -1.26. The van der Waals surface area contributed by atoms with Crippen LogP contribution in [0.3, 0.4) is 0 Å². The Morgan fingerprint density at radius 1 is 1.47 bits per heavy atom. The standard InChI is InChI=1S/C12H18FNO3/c1-12(2,3)16-11(15)14-8-4-5-9(14)7-10(6-8)17-13/h6,8-9H,4-5,7H2,1-3H3/t8-,9+/m0/s1. The van der Waals surface area contributed by atoms with Gasteiger partial charge in [-0.1, -0.05) is 0 Å². The maximum Gasteiger partial charge on any atom is 0.411 e. The van der Waals surface area contributed by atoms with Crippen LogP contribution in [0.1, 0.15) is 40.0 Å². The van der Waals surface area contributed by atoms with Crippen LogP contribution in [0.5, 0.6) is 0 Å². The Morgan fingerprint density at radius 2 is 2.18 bits per heavy atom. The molecule has 0 radical (unpaired) electrons. The van der Waals surface area contributed by atoms with Gasteiger partial charge in [0.05, 0.1) is 6.04 Å². The second-order valence-corrected chi connectivity index (χ2v) is 5.60. The summed E-state index contributed by atoms with van der Waals surface area (Å²) in [5, 5.41) is 0. The molecule has 2 rings (SSSR count). The summed E-state index contributed by atoms with van der Waals surface area (Å²) in [5.41, 5.74) is -0.503. The van der Waals surface area contributed by atoms with Crippen molar-refractivity contribution in [3.8, 4) is 0 Å². The molecular weight excluding hydrogens is 225 g/mol. The first-order valence-corrected chi connectivity index (χ1v) is 5.91. The van der Waals surface area contributed by atoms with Crippen molar-refractivity contribution in [2.24, 2.45) is 0 Å². The Morgan fingerprint density at radius 3 is 2.71 bits per heavy atom. The Bertz CT molecular complexity index is 348. The SMILES string of the molecule is CC(C)(C)OC(=O)N1[C@@H]2CC[C@H]1C=C(OF)C2. The van der Waals surface area contributed by atoms with E-state index in [1.807, 2.05) is 20.8 Å². The number of amides is 1. The molecule has 5 heteroatoms. The van der Waals surface area contributed by atoms with Gasteiger partial charge in [-0.2, -0.15) is 0 Å². The molecule has 0 aromatic carbocycles. The summed E-state index contributed by atoms with van der Waals surface area (Å²) >= 11 is 0. The number of ether oxygens (including phenoxy) is 1. The number of carbonyl (C=O) groups excluding carboxylic acids is 1. The van der Waals surface area contributed by atoms with Crippen LogP contribution in [0.15, 0.2) is 11.8 Å².